The summed E-state index contributed by atoms with van der Waals surface area (Å²) in [5, 5.41) is 2.97. The van der Waals surface area contributed by atoms with E-state index in [0.717, 1.165) is 5.56 Å². The summed E-state index contributed by atoms with van der Waals surface area (Å²) in [4.78, 5) is 29.7. The first-order chi connectivity index (χ1) is 14.7. The number of amides is 3. The maximum Gasteiger partial charge on any atom is 0.317 e. The van der Waals surface area contributed by atoms with E-state index < -0.39 is 20.9 Å². The number of carbonyl (C=O) groups is 2. The minimum absolute atomic E-state index is 0.0862. The summed E-state index contributed by atoms with van der Waals surface area (Å²) in [5.74, 6) is 0.0862. The first-order valence-corrected chi connectivity index (χ1v) is 12.9. The summed E-state index contributed by atoms with van der Waals surface area (Å²) in [6.07, 6.45) is 3.19. The summed E-state index contributed by atoms with van der Waals surface area (Å²) in [7, 11) is -3.39. The van der Waals surface area contributed by atoms with Crippen LogP contribution in [0.2, 0.25) is 0 Å². The van der Waals surface area contributed by atoms with Crippen LogP contribution in [0.4, 0.5) is 4.79 Å². The molecule has 1 N–H and O–H groups in total. The van der Waals surface area contributed by atoms with Crippen LogP contribution in [0.25, 0.3) is 0 Å². The Labute approximate surface area is 184 Å². The van der Waals surface area contributed by atoms with E-state index in [4.69, 9.17) is 0 Å². The zero-order valence-electron chi connectivity index (χ0n) is 18.3. The van der Waals surface area contributed by atoms with Gasteiger partial charge in [-0.05, 0) is 31.7 Å². The molecule has 1 aromatic rings. The first kappa shape index (κ1) is 22.1. The Morgan fingerprint density at radius 1 is 1.06 bits per heavy atom. The van der Waals surface area contributed by atoms with Crippen LogP contribution < -0.4 is 5.32 Å². The van der Waals surface area contributed by atoms with E-state index in [1.807, 2.05) is 42.2 Å². The van der Waals surface area contributed by atoms with Crippen LogP contribution in [0.15, 0.2) is 30.3 Å². The van der Waals surface area contributed by atoms with Gasteiger partial charge in [-0.3, -0.25) is 4.79 Å². The van der Waals surface area contributed by atoms with Gasteiger partial charge in [0, 0.05) is 51.2 Å². The van der Waals surface area contributed by atoms with Crippen LogP contribution in [0.3, 0.4) is 0 Å². The second-order valence-corrected chi connectivity index (χ2v) is 11.1. The second-order valence-electron chi connectivity index (χ2n) is 9.16. The lowest BCUT2D eigenvalue weighted by atomic mass is 9.60. The molecule has 0 aromatic heterocycles. The van der Waals surface area contributed by atoms with E-state index in [9.17, 15) is 18.0 Å². The van der Waals surface area contributed by atoms with Crippen molar-refractivity contribution in [1.29, 1.82) is 0 Å². The number of nitrogens with zero attached hydrogens (tertiary/aromatic N) is 3. The summed E-state index contributed by atoms with van der Waals surface area (Å²) in [5.41, 5.74) is -0.0366. The molecule has 3 aliphatic heterocycles. The molecular weight excluding hydrogens is 416 g/mol. The lowest BCUT2D eigenvalue weighted by molar-refractivity contribution is -0.141. The SMILES string of the molecule is CCN1CCC2(CN(S(C)(=O)=O)CC23CCN(C(=O)NCc2ccccc2)CC3)C1=O. The van der Waals surface area contributed by atoms with Crippen molar-refractivity contribution in [2.45, 2.75) is 32.7 Å². The molecule has 170 valence electrons. The maximum absolute atomic E-state index is 13.4. The predicted molar refractivity (Wildman–Crippen MR) is 118 cm³/mol. The van der Waals surface area contributed by atoms with Gasteiger partial charge in [0.05, 0.1) is 11.7 Å². The molecule has 3 aliphatic rings. The van der Waals surface area contributed by atoms with Crippen molar-refractivity contribution in [3.63, 3.8) is 0 Å². The average Bonchev–Trinajstić information content (AvgIpc) is 3.26. The number of piperidine rings is 1. The number of rotatable bonds is 4. The van der Waals surface area contributed by atoms with Gasteiger partial charge in [-0.1, -0.05) is 30.3 Å². The first-order valence-electron chi connectivity index (χ1n) is 11.0. The molecule has 9 heteroatoms. The Bertz CT molecular complexity index is 944. The van der Waals surface area contributed by atoms with Crippen molar-refractivity contribution in [3.05, 3.63) is 35.9 Å². The number of likely N-dealkylation sites (tertiary alicyclic amines) is 2. The molecule has 4 rings (SSSR count). The van der Waals surface area contributed by atoms with Gasteiger partial charge in [-0.25, -0.2) is 17.5 Å². The quantitative estimate of drug-likeness (QED) is 0.756. The van der Waals surface area contributed by atoms with E-state index in [-0.39, 0.29) is 18.5 Å². The molecule has 3 amide bonds. The van der Waals surface area contributed by atoms with E-state index >= 15 is 0 Å². The van der Waals surface area contributed by atoms with Crippen LogP contribution >= 0.6 is 0 Å². The van der Waals surface area contributed by atoms with Crippen molar-refractivity contribution in [2.75, 3.05) is 45.5 Å². The molecular formula is C22H32N4O4S. The van der Waals surface area contributed by atoms with E-state index in [1.165, 1.54) is 10.6 Å². The van der Waals surface area contributed by atoms with Crippen molar-refractivity contribution in [2.24, 2.45) is 10.8 Å². The van der Waals surface area contributed by atoms with Crippen LogP contribution in [0.1, 0.15) is 31.7 Å². The minimum Gasteiger partial charge on any atom is -0.342 e. The number of fused-ring (bicyclic) bond motifs is 1. The molecule has 3 fully saturated rings. The van der Waals surface area contributed by atoms with Crippen LogP contribution in [0.5, 0.6) is 0 Å². The van der Waals surface area contributed by atoms with Gasteiger partial charge < -0.3 is 15.1 Å². The van der Waals surface area contributed by atoms with Crippen LogP contribution in [-0.4, -0.2) is 80.0 Å². The van der Waals surface area contributed by atoms with E-state index in [1.54, 1.807) is 4.90 Å². The normalized spacial score (nSPS) is 26.2. The Morgan fingerprint density at radius 3 is 2.32 bits per heavy atom. The fraction of sp³-hybridized carbons (Fsp3) is 0.636. The Balaban J connectivity index is 1.48. The van der Waals surface area contributed by atoms with Crippen LogP contribution in [-0.2, 0) is 21.4 Å². The molecule has 2 spiro atoms. The second kappa shape index (κ2) is 8.09. The predicted octanol–water partition coefficient (Wildman–Crippen LogP) is 1.49. The van der Waals surface area contributed by atoms with Crippen molar-refractivity contribution in [3.8, 4) is 0 Å². The number of nitrogens with one attached hydrogen (secondary N) is 1. The minimum atomic E-state index is -3.39. The third-order valence-electron chi connectivity index (χ3n) is 7.59. The van der Waals surface area contributed by atoms with Gasteiger partial charge in [0.25, 0.3) is 0 Å². The topological polar surface area (TPSA) is 90.0 Å². The van der Waals surface area contributed by atoms with Crippen molar-refractivity contribution in [1.82, 2.24) is 19.4 Å². The average molecular weight is 449 g/mol. The number of urea groups is 1. The van der Waals surface area contributed by atoms with Crippen molar-refractivity contribution < 1.29 is 18.0 Å². The number of hydrogen-bond donors (Lipinski definition) is 1. The van der Waals surface area contributed by atoms with Gasteiger partial charge in [0.2, 0.25) is 15.9 Å². The Morgan fingerprint density at radius 2 is 1.74 bits per heavy atom. The molecule has 0 bridgehead atoms. The Kier molecular flexibility index (Phi) is 5.76. The number of benzene rings is 1. The highest BCUT2D eigenvalue weighted by atomic mass is 32.2. The maximum atomic E-state index is 13.4. The zero-order chi connectivity index (χ0) is 22.3. The molecule has 31 heavy (non-hydrogen) atoms. The van der Waals surface area contributed by atoms with Crippen molar-refractivity contribution >= 4 is 22.0 Å². The van der Waals surface area contributed by atoms with Gasteiger partial charge in [0.1, 0.15) is 0 Å². The van der Waals surface area contributed by atoms with Crippen LogP contribution in [0, 0.1) is 10.8 Å². The lowest BCUT2D eigenvalue weighted by Crippen LogP contribution is -2.54. The smallest absolute Gasteiger partial charge is 0.317 e. The zero-order valence-corrected chi connectivity index (χ0v) is 19.2. The highest BCUT2D eigenvalue weighted by molar-refractivity contribution is 7.88. The van der Waals surface area contributed by atoms with Gasteiger partial charge in [-0.15, -0.1) is 0 Å². The molecule has 0 radical (unpaired) electrons. The van der Waals surface area contributed by atoms with Gasteiger partial charge >= 0.3 is 6.03 Å². The molecule has 0 saturated carbocycles. The molecule has 3 heterocycles. The molecule has 3 saturated heterocycles. The lowest BCUT2D eigenvalue weighted by Gasteiger charge is -2.46. The molecule has 1 aromatic carbocycles. The molecule has 1 unspecified atom stereocenters. The number of hydrogen-bond acceptors (Lipinski definition) is 4. The highest BCUT2D eigenvalue weighted by Gasteiger charge is 2.66. The van der Waals surface area contributed by atoms with Gasteiger partial charge in [0.15, 0.2) is 0 Å². The monoisotopic (exact) mass is 448 g/mol. The number of sulfonamides is 1. The largest absolute Gasteiger partial charge is 0.342 e. The summed E-state index contributed by atoms with van der Waals surface area (Å²) in [6.45, 7) is 5.44. The Hall–Kier alpha value is -2.13. The van der Waals surface area contributed by atoms with E-state index in [2.05, 4.69) is 5.32 Å². The molecule has 8 nitrogen and oxygen atoms in total. The third kappa shape index (κ3) is 3.82. The molecule has 0 aliphatic carbocycles. The van der Waals surface area contributed by atoms with Gasteiger partial charge in [-0.2, -0.15) is 0 Å². The fourth-order valence-electron chi connectivity index (χ4n) is 5.69. The standard InChI is InChI=1S/C22H32N4O4S/c1-3-24-14-11-22(19(24)27)17-26(31(2,29)30)16-21(22)9-12-25(13-10-21)20(28)23-15-18-7-5-4-6-8-18/h4-8H,3,9-17H2,1-2H3,(H,23,28). The fourth-order valence-corrected chi connectivity index (χ4v) is 6.62. The summed E-state index contributed by atoms with van der Waals surface area (Å²) < 4.78 is 26.2. The third-order valence-corrected chi connectivity index (χ3v) is 8.79. The number of carbonyl (C=O) groups excluding carboxylic acids is 2. The summed E-state index contributed by atoms with van der Waals surface area (Å²) in [6, 6.07) is 9.65. The van der Waals surface area contributed by atoms with E-state index in [0.29, 0.717) is 58.5 Å². The molecule has 1 atom stereocenters. The highest BCUT2D eigenvalue weighted by Crippen LogP contribution is 2.58. The summed E-state index contributed by atoms with van der Waals surface area (Å²) >= 11 is 0.